The van der Waals surface area contributed by atoms with E-state index in [2.05, 4.69) is 4.99 Å². The molecule has 2 N–H and O–H groups in total. The van der Waals surface area contributed by atoms with Gasteiger partial charge in [-0.2, -0.15) is 0 Å². The van der Waals surface area contributed by atoms with Gasteiger partial charge in [0.2, 0.25) is 5.55 Å². The van der Waals surface area contributed by atoms with Crippen molar-refractivity contribution in [1.29, 1.82) is 0 Å². The van der Waals surface area contributed by atoms with Gasteiger partial charge >= 0.3 is 5.97 Å². The summed E-state index contributed by atoms with van der Waals surface area (Å²) in [7, 11) is 2.86. The van der Waals surface area contributed by atoms with Gasteiger partial charge in [0, 0.05) is 5.39 Å². The van der Waals surface area contributed by atoms with Crippen LogP contribution in [0.2, 0.25) is 0 Å². The third kappa shape index (κ3) is 3.41. The fourth-order valence-corrected chi connectivity index (χ4v) is 2.41. The highest BCUT2D eigenvalue weighted by molar-refractivity contribution is 5.98. The molecule has 0 fully saturated rings. The van der Waals surface area contributed by atoms with E-state index in [9.17, 15) is 9.59 Å². The fraction of sp³-hybridized carbons (Fsp3) is 0.105. The van der Waals surface area contributed by atoms with Crippen molar-refractivity contribution < 1.29 is 23.5 Å². The molecule has 7 nitrogen and oxygen atoms in total. The monoisotopic (exact) mass is 352 g/mol. The van der Waals surface area contributed by atoms with Crippen LogP contribution in [0.15, 0.2) is 57.9 Å². The molecule has 2 aromatic carbocycles. The van der Waals surface area contributed by atoms with E-state index in [1.54, 1.807) is 49.6 Å². The van der Waals surface area contributed by atoms with Crippen molar-refractivity contribution in [2.75, 3.05) is 14.2 Å². The van der Waals surface area contributed by atoms with Gasteiger partial charge < -0.3 is 19.6 Å². The normalized spacial score (nSPS) is 11.4. The number of rotatable bonds is 4. The van der Waals surface area contributed by atoms with Crippen molar-refractivity contribution in [1.82, 2.24) is 0 Å². The molecule has 0 bridgehead atoms. The number of nitrogens with two attached hydrogens (primary N) is 1. The molecule has 0 aliphatic carbocycles. The lowest BCUT2D eigenvalue weighted by Gasteiger charge is -2.04. The van der Waals surface area contributed by atoms with Crippen LogP contribution in [0.3, 0.4) is 0 Å². The molecule has 0 unspecified atom stereocenters. The number of carbonyl (C=O) groups excluding carboxylic acids is 2. The van der Waals surface area contributed by atoms with Crippen LogP contribution in [0.5, 0.6) is 5.75 Å². The smallest absolute Gasteiger partial charge is 0.337 e. The van der Waals surface area contributed by atoms with E-state index in [-0.39, 0.29) is 11.1 Å². The van der Waals surface area contributed by atoms with Crippen LogP contribution in [0.4, 0.5) is 5.69 Å². The molecule has 0 spiro atoms. The molecule has 26 heavy (non-hydrogen) atoms. The molecule has 1 heterocycles. The van der Waals surface area contributed by atoms with E-state index in [0.717, 1.165) is 0 Å². The molecule has 0 saturated carbocycles. The van der Waals surface area contributed by atoms with Gasteiger partial charge in [0.05, 0.1) is 25.5 Å². The highest BCUT2D eigenvalue weighted by Crippen LogP contribution is 2.19. The van der Waals surface area contributed by atoms with Crippen molar-refractivity contribution in [2.45, 2.75) is 0 Å². The number of nitrogens with zero attached hydrogens (tertiary/aromatic N) is 1. The maximum absolute atomic E-state index is 11.8. The molecule has 0 aliphatic heterocycles. The number of hydrogen-bond acceptors (Lipinski definition) is 6. The molecule has 0 aliphatic rings. The van der Waals surface area contributed by atoms with E-state index in [4.69, 9.17) is 19.6 Å². The van der Waals surface area contributed by atoms with Gasteiger partial charge in [-0.05, 0) is 48.5 Å². The summed E-state index contributed by atoms with van der Waals surface area (Å²) in [4.78, 5) is 27.8. The van der Waals surface area contributed by atoms with E-state index in [0.29, 0.717) is 28.0 Å². The zero-order valence-electron chi connectivity index (χ0n) is 14.2. The zero-order chi connectivity index (χ0) is 18.7. The molecule has 0 saturated heterocycles. The minimum atomic E-state index is -0.689. The van der Waals surface area contributed by atoms with Gasteiger partial charge in [-0.1, -0.05) is 0 Å². The lowest BCUT2D eigenvalue weighted by Crippen LogP contribution is -2.21. The van der Waals surface area contributed by atoms with E-state index < -0.39 is 11.9 Å². The second-order valence-corrected chi connectivity index (χ2v) is 5.38. The number of fused-ring (bicyclic) bond motifs is 1. The molecule has 1 amide bonds. The summed E-state index contributed by atoms with van der Waals surface area (Å²) in [6.45, 7) is 0. The number of methoxy groups -OCH3 is 2. The first kappa shape index (κ1) is 17.2. The van der Waals surface area contributed by atoms with Gasteiger partial charge in [0.15, 0.2) is 0 Å². The Bertz CT molecular complexity index is 1050. The molecule has 132 valence electrons. The van der Waals surface area contributed by atoms with E-state index in [1.165, 1.54) is 13.2 Å². The topological polar surface area (TPSA) is 104 Å². The minimum absolute atomic E-state index is 0.0842. The first-order chi connectivity index (χ1) is 12.5. The van der Waals surface area contributed by atoms with Crippen LogP contribution in [-0.2, 0) is 4.74 Å². The first-order valence-electron chi connectivity index (χ1n) is 7.66. The Hall–Kier alpha value is -3.61. The van der Waals surface area contributed by atoms with Crippen LogP contribution < -0.4 is 16.0 Å². The average Bonchev–Trinajstić information content (AvgIpc) is 2.66. The average molecular weight is 352 g/mol. The summed E-state index contributed by atoms with van der Waals surface area (Å²) in [5, 5.41) is 0.537. The number of primary amides is 1. The molecule has 0 radical (unpaired) electrons. The number of esters is 1. The lowest BCUT2D eigenvalue weighted by molar-refractivity contribution is 0.0600. The molecule has 0 atom stereocenters. The van der Waals surface area contributed by atoms with Gasteiger partial charge in [0.25, 0.3) is 5.91 Å². The summed E-state index contributed by atoms with van der Waals surface area (Å²) in [6.07, 6.45) is 0. The predicted octanol–water partition coefficient (Wildman–Crippen LogP) is 2.56. The summed E-state index contributed by atoms with van der Waals surface area (Å²) < 4.78 is 15.5. The second kappa shape index (κ2) is 7.10. The Labute approximate surface area is 148 Å². The molecule has 3 rings (SSSR count). The highest BCUT2D eigenvalue weighted by Gasteiger charge is 2.12. The van der Waals surface area contributed by atoms with Gasteiger partial charge in [-0.25, -0.2) is 9.79 Å². The number of carbonyl (C=O) groups is 2. The number of amides is 1. The van der Waals surface area contributed by atoms with Crippen molar-refractivity contribution in [3.63, 3.8) is 0 Å². The largest absolute Gasteiger partial charge is 0.497 e. The highest BCUT2D eigenvalue weighted by atomic mass is 16.5. The standard InChI is InChI=1S/C19H16N2O5/c1-24-14-6-4-13(5-7-14)21-18-15(17(20)22)10-12-9-11(19(23)25-2)3-8-16(12)26-18/h3-10H,1-2H3,(H2,20,22)/b21-18-. The Kier molecular flexibility index (Phi) is 4.70. The predicted molar refractivity (Wildman–Crippen MR) is 94.3 cm³/mol. The van der Waals surface area contributed by atoms with Crippen LogP contribution in [0, 0.1) is 0 Å². The number of ether oxygens (including phenoxy) is 2. The Morgan fingerprint density at radius 3 is 2.38 bits per heavy atom. The Balaban J connectivity index is 2.17. The molecular weight excluding hydrogens is 336 g/mol. The third-order valence-corrected chi connectivity index (χ3v) is 3.74. The van der Waals surface area contributed by atoms with Crippen molar-refractivity contribution in [3.8, 4) is 5.75 Å². The van der Waals surface area contributed by atoms with Gasteiger partial charge in [-0.3, -0.25) is 4.79 Å². The lowest BCUT2D eigenvalue weighted by atomic mass is 10.1. The van der Waals surface area contributed by atoms with Gasteiger partial charge in [0.1, 0.15) is 16.9 Å². The number of hydrogen-bond donors (Lipinski definition) is 1. The summed E-state index contributed by atoms with van der Waals surface area (Å²) in [5.74, 6) is -0.490. The molecular formula is C19H16N2O5. The summed E-state index contributed by atoms with van der Waals surface area (Å²) in [6, 6.07) is 13.2. The fourth-order valence-electron chi connectivity index (χ4n) is 2.41. The van der Waals surface area contributed by atoms with E-state index >= 15 is 0 Å². The first-order valence-corrected chi connectivity index (χ1v) is 7.66. The van der Waals surface area contributed by atoms with Gasteiger partial charge in [-0.15, -0.1) is 0 Å². The van der Waals surface area contributed by atoms with Crippen LogP contribution in [0.1, 0.15) is 20.7 Å². The SMILES string of the molecule is COC(=O)c1ccc2o/c(=N\c3ccc(OC)cc3)c(C(N)=O)cc2c1. The maximum atomic E-state index is 11.8. The van der Waals surface area contributed by atoms with Crippen molar-refractivity contribution in [3.05, 3.63) is 65.2 Å². The minimum Gasteiger partial charge on any atom is -0.497 e. The molecule has 7 heteroatoms. The van der Waals surface area contributed by atoms with Crippen molar-refractivity contribution >= 4 is 28.5 Å². The van der Waals surface area contributed by atoms with E-state index in [1.807, 2.05) is 0 Å². The van der Waals surface area contributed by atoms with Crippen LogP contribution in [0.25, 0.3) is 11.0 Å². The molecule has 3 aromatic rings. The van der Waals surface area contributed by atoms with Crippen molar-refractivity contribution in [2.24, 2.45) is 10.7 Å². The summed E-state index contributed by atoms with van der Waals surface area (Å²) in [5.41, 5.74) is 7.01. The number of benzene rings is 2. The Morgan fingerprint density at radius 1 is 1.04 bits per heavy atom. The quantitative estimate of drug-likeness (QED) is 0.727. The second-order valence-electron chi connectivity index (χ2n) is 5.38. The Morgan fingerprint density at radius 2 is 1.77 bits per heavy atom. The van der Waals surface area contributed by atoms with Crippen LogP contribution in [-0.4, -0.2) is 26.1 Å². The summed E-state index contributed by atoms with van der Waals surface area (Å²) >= 11 is 0. The third-order valence-electron chi connectivity index (χ3n) is 3.74. The van der Waals surface area contributed by atoms with Crippen LogP contribution >= 0.6 is 0 Å². The maximum Gasteiger partial charge on any atom is 0.337 e. The molecule has 1 aromatic heterocycles. The zero-order valence-corrected chi connectivity index (χ0v) is 14.2.